The average molecular weight is 209 g/mol. The Balaban J connectivity index is 2.89. The lowest BCUT2D eigenvalue weighted by atomic mass is 10.2. The third-order valence-electron chi connectivity index (χ3n) is 1.79. The van der Waals surface area contributed by atoms with Crippen molar-refractivity contribution >= 4 is 23.0 Å². The summed E-state index contributed by atoms with van der Waals surface area (Å²) in [4.78, 5) is 4.74. The fourth-order valence-electron chi connectivity index (χ4n) is 1.15. The van der Waals surface area contributed by atoms with Crippen LogP contribution in [-0.2, 0) is 0 Å². The van der Waals surface area contributed by atoms with Crippen LogP contribution in [0.1, 0.15) is 24.6 Å². The molecule has 0 amide bonds. The zero-order valence-corrected chi connectivity index (χ0v) is 9.32. The number of nitrogens with two attached hydrogens (primary N) is 1. The van der Waals surface area contributed by atoms with E-state index < -0.39 is 0 Å². The van der Waals surface area contributed by atoms with Gasteiger partial charge in [-0.1, -0.05) is 19.1 Å². The monoisotopic (exact) mass is 209 g/mol. The van der Waals surface area contributed by atoms with Crippen molar-refractivity contribution in [1.29, 1.82) is 0 Å². The Morgan fingerprint density at radius 1 is 1.57 bits per heavy atom. The van der Waals surface area contributed by atoms with Crippen LogP contribution in [0, 0.1) is 6.92 Å². The minimum Gasteiger partial charge on any atom is -0.389 e. The maximum Gasteiger partial charge on any atom is 0.126 e. The van der Waals surface area contributed by atoms with Crippen LogP contribution in [0.2, 0.25) is 0 Å². The molecule has 3 N–H and O–H groups in total. The second-order valence-electron chi connectivity index (χ2n) is 3.17. The predicted octanol–water partition coefficient (Wildman–Crippen LogP) is 1.85. The number of pyridine rings is 1. The second kappa shape index (κ2) is 4.91. The summed E-state index contributed by atoms with van der Waals surface area (Å²) in [7, 11) is 0. The number of nitrogens with one attached hydrogen (secondary N) is 1. The summed E-state index contributed by atoms with van der Waals surface area (Å²) in [5.41, 5.74) is 7.35. The first-order chi connectivity index (χ1) is 6.63. The van der Waals surface area contributed by atoms with Gasteiger partial charge in [0.05, 0.1) is 0 Å². The minimum absolute atomic E-state index is 0.412. The Morgan fingerprint density at radius 3 is 2.86 bits per heavy atom. The molecule has 0 aliphatic carbocycles. The third kappa shape index (κ3) is 2.96. The van der Waals surface area contributed by atoms with Crippen LogP contribution in [-0.4, -0.2) is 16.5 Å². The Hall–Kier alpha value is -1.16. The van der Waals surface area contributed by atoms with Gasteiger partial charge in [-0.2, -0.15) is 0 Å². The van der Waals surface area contributed by atoms with E-state index in [0.717, 1.165) is 30.0 Å². The summed E-state index contributed by atoms with van der Waals surface area (Å²) in [6.45, 7) is 4.95. The van der Waals surface area contributed by atoms with Gasteiger partial charge in [-0.3, -0.25) is 0 Å². The summed E-state index contributed by atoms with van der Waals surface area (Å²) >= 11 is 4.92. The van der Waals surface area contributed by atoms with Gasteiger partial charge in [0, 0.05) is 17.8 Å². The molecule has 0 saturated heterocycles. The molecule has 0 fully saturated rings. The molecule has 1 aromatic rings. The number of anilines is 1. The van der Waals surface area contributed by atoms with Crippen molar-refractivity contribution in [3.8, 4) is 0 Å². The van der Waals surface area contributed by atoms with E-state index in [0.29, 0.717) is 4.99 Å². The van der Waals surface area contributed by atoms with Crippen molar-refractivity contribution in [2.24, 2.45) is 5.73 Å². The number of nitrogens with zero attached hydrogens (tertiary/aromatic N) is 1. The molecule has 0 aromatic carbocycles. The number of rotatable bonds is 4. The first-order valence-electron chi connectivity index (χ1n) is 4.66. The van der Waals surface area contributed by atoms with Crippen LogP contribution >= 0.6 is 12.2 Å². The second-order valence-corrected chi connectivity index (χ2v) is 3.61. The van der Waals surface area contributed by atoms with E-state index in [1.807, 2.05) is 19.1 Å². The lowest BCUT2D eigenvalue weighted by molar-refractivity contribution is 0.965. The number of aryl methyl sites for hydroxylation is 1. The molecule has 3 nitrogen and oxygen atoms in total. The highest BCUT2D eigenvalue weighted by molar-refractivity contribution is 7.80. The number of thiocarbonyl (C=S) groups is 1. The molecule has 0 bridgehead atoms. The fourth-order valence-corrected chi connectivity index (χ4v) is 1.27. The fraction of sp³-hybridized carbons (Fsp3) is 0.400. The summed E-state index contributed by atoms with van der Waals surface area (Å²) in [5, 5.41) is 3.20. The van der Waals surface area contributed by atoms with Crippen LogP contribution in [0.25, 0.3) is 0 Å². The predicted molar refractivity (Wildman–Crippen MR) is 63.6 cm³/mol. The van der Waals surface area contributed by atoms with Gasteiger partial charge < -0.3 is 11.1 Å². The Morgan fingerprint density at radius 2 is 2.29 bits per heavy atom. The lowest BCUT2D eigenvalue weighted by Gasteiger charge is -2.07. The van der Waals surface area contributed by atoms with Gasteiger partial charge in [0.25, 0.3) is 0 Å². The van der Waals surface area contributed by atoms with Crippen LogP contribution < -0.4 is 11.1 Å². The molecule has 1 heterocycles. The molecule has 0 unspecified atom stereocenters. The molecule has 0 aliphatic heterocycles. The topological polar surface area (TPSA) is 50.9 Å². The van der Waals surface area contributed by atoms with Crippen molar-refractivity contribution in [3.05, 3.63) is 23.4 Å². The first kappa shape index (κ1) is 10.9. The van der Waals surface area contributed by atoms with Gasteiger partial charge in [0.2, 0.25) is 0 Å². The highest BCUT2D eigenvalue weighted by Gasteiger charge is 2.01. The molecule has 76 valence electrons. The number of hydrogen-bond donors (Lipinski definition) is 2. The Bertz CT molecular complexity index is 336. The average Bonchev–Trinajstić information content (AvgIpc) is 2.14. The molecule has 4 heteroatoms. The van der Waals surface area contributed by atoms with E-state index in [2.05, 4.69) is 17.2 Å². The molecule has 14 heavy (non-hydrogen) atoms. The SMILES string of the molecule is CCCNc1cc(C(N)=S)cc(C)n1. The maximum absolute atomic E-state index is 5.56. The quantitative estimate of drug-likeness (QED) is 0.743. The Kier molecular flexibility index (Phi) is 3.83. The molecule has 0 aliphatic rings. The van der Waals surface area contributed by atoms with E-state index in [9.17, 15) is 0 Å². The van der Waals surface area contributed by atoms with E-state index in [1.165, 1.54) is 0 Å². The lowest BCUT2D eigenvalue weighted by Crippen LogP contribution is -2.11. The zero-order chi connectivity index (χ0) is 10.6. The van der Waals surface area contributed by atoms with Gasteiger partial charge >= 0.3 is 0 Å². The molecular weight excluding hydrogens is 194 g/mol. The Labute approximate surface area is 89.7 Å². The van der Waals surface area contributed by atoms with E-state index in [1.54, 1.807) is 0 Å². The largest absolute Gasteiger partial charge is 0.389 e. The molecule has 1 aromatic heterocycles. The third-order valence-corrected chi connectivity index (χ3v) is 2.03. The van der Waals surface area contributed by atoms with Gasteiger partial charge in [-0.05, 0) is 25.5 Å². The normalized spacial score (nSPS) is 9.86. The van der Waals surface area contributed by atoms with E-state index in [-0.39, 0.29) is 0 Å². The van der Waals surface area contributed by atoms with Crippen LogP contribution in [0.3, 0.4) is 0 Å². The molecular formula is C10H15N3S. The van der Waals surface area contributed by atoms with Crippen molar-refractivity contribution in [2.45, 2.75) is 20.3 Å². The highest BCUT2D eigenvalue weighted by atomic mass is 32.1. The van der Waals surface area contributed by atoms with Crippen molar-refractivity contribution in [3.63, 3.8) is 0 Å². The summed E-state index contributed by atoms with van der Waals surface area (Å²) < 4.78 is 0. The zero-order valence-electron chi connectivity index (χ0n) is 8.50. The van der Waals surface area contributed by atoms with Gasteiger partial charge in [-0.15, -0.1) is 0 Å². The maximum atomic E-state index is 5.56. The standard InChI is InChI=1S/C10H15N3S/c1-3-4-12-9-6-8(10(11)14)5-7(2)13-9/h5-6H,3-4H2,1-2H3,(H2,11,14)(H,12,13). The molecule has 0 spiro atoms. The minimum atomic E-state index is 0.412. The molecule has 0 radical (unpaired) electrons. The first-order valence-corrected chi connectivity index (χ1v) is 5.06. The van der Waals surface area contributed by atoms with E-state index in [4.69, 9.17) is 18.0 Å². The highest BCUT2D eigenvalue weighted by Crippen LogP contribution is 2.09. The van der Waals surface area contributed by atoms with Crippen LogP contribution in [0.5, 0.6) is 0 Å². The molecule has 1 rings (SSSR count). The summed E-state index contributed by atoms with van der Waals surface area (Å²) in [6, 6.07) is 3.77. The van der Waals surface area contributed by atoms with Crippen molar-refractivity contribution in [2.75, 3.05) is 11.9 Å². The van der Waals surface area contributed by atoms with Crippen molar-refractivity contribution < 1.29 is 0 Å². The number of aromatic nitrogens is 1. The van der Waals surface area contributed by atoms with Gasteiger partial charge in [0.1, 0.15) is 10.8 Å². The molecule has 0 saturated carbocycles. The van der Waals surface area contributed by atoms with Crippen molar-refractivity contribution in [1.82, 2.24) is 4.98 Å². The summed E-state index contributed by atoms with van der Waals surface area (Å²) in [5.74, 6) is 0.842. The summed E-state index contributed by atoms with van der Waals surface area (Å²) in [6.07, 6.45) is 1.07. The van der Waals surface area contributed by atoms with Gasteiger partial charge in [-0.25, -0.2) is 4.98 Å². The van der Waals surface area contributed by atoms with Crippen LogP contribution in [0.15, 0.2) is 12.1 Å². The van der Waals surface area contributed by atoms with Gasteiger partial charge in [0.15, 0.2) is 0 Å². The van der Waals surface area contributed by atoms with E-state index >= 15 is 0 Å². The van der Waals surface area contributed by atoms with Crippen LogP contribution in [0.4, 0.5) is 5.82 Å². The number of hydrogen-bond acceptors (Lipinski definition) is 3. The molecule has 0 atom stereocenters. The smallest absolute Gasteiger partial charge is 0.126 e.